The molecule has 8 heteroatoms. The lowest BCUT2D eigenvalue weighted by Crippen LogP contribution is -2.52. The maximum absolute atomic E-state index is 12.1. The molecule has 1 aromatic carbocycles. The lowest BCUT2D eigenvalue weighted by Gasteiger charge is -2.35. The van der Waals surface area contributed by atoms with E-state index in [1.165, 1.54) is 0 Å². The number of nitrogens with two attached hydrogens (primary N) is 1. The number of rotatable bonds is 6. The first-order chi connectivity index (χ1) is 11.1. The summed E-state index contributed by atoms with van der Waals surface area (Å²) in [6.45, 7) is 5.91. The van der Waals surface area contributed by atoms with Crippen molar-refractivity contribution in [3.05, 3.63) is 23.8 Å². The van der Waals surface area contributed by atoms with Gasteiger partial charge in [-0.3, -0.25) is 9.69 Å². The van der Waals surface area contributed by atoms with Crippen LogP contribution in [0.3, 0.4) is 0 Å². The Hall–Kier alpha value is -1.21. The summed E-state index contributed by atoms with van der Waals surface area (Å²) in [7, 11) is 3.31. The molecule has 144 valence electrons. The quantitative estimate of drug-likeness (QED) is 0.799. The van der Waals surface area contributed by atoms with Gasteiger partial charge in [0.15, 0.2) is 0 Å². The minimum absolute atomic E-state index is 0. The summed E-state index contributed by atoms with van der Waals surface area (Å²) in [6.07, 6.45) is 0.683. The summed E-state index contributed by atoms with van der Waals surface area (Å²) in [4.78, 5) is 16.3. The van der Waals surface area contributed by atoms with Crippen molar-refractivity contribution in [2.75, 3.05) is 40.4 Å². The number of carbonyl (C=O) groups excluding carboxylic acids is 1. The Morgan fingerprint density at radius 1 is 1.08 bits per heavy atom. The highest BCUT2D eigenvalue weighted by molar-refractivity contribution is 5.85. The lowest BCUT2D eigenvalue weighted by molar-refractivity contribution is -0.134. The number of halogens is 2. The first-order valence-corrected chi connectivity index (χ1v) is 8.06. The third-order valence-electron chi connectivity index (χ3n) is 4.26. The van der Waals surface area contributed by atoms with Crippen molar-refractivity contribution in [1.82, 2.24) is 9.80 Å². The van der Waals surface area contributed by atoms with Gasteiger partial charge >= 0.3 is 0 Å². The molecule has 2 N–H and O–H groups in total. The predicted molar refractivity (Wildman–Crippen MR) is 104 cm³/mol. The SMILES string of the molecule is CC[C@H](N)C(=O)N1CCN(Cc2cc(OC)cc(OC)c2)CC1.Cl.Cl. The van der Waals surface area contributed by atoms with E-state index in [0.29, 0.717) is 6.42 Å². The van der Waals surface area contributed by atoms with Gasteiger partial charge in [0, 0.05) is 38.8 Å². The van der Waals surface area contributed by atoms with E-state index in [4.69, 9.17) is 15.2 Å². The Labute approximate surface area is 162 Å². The van der Waals surface area contributed by atoms with Gasteiger partial charge in [0.2, 0.25) is 5.91 Å². The van der Waals surface area contributed by atoms with Crippen LogP contribution in [0, 0.1) is 0 Å². The van der Waals surface area contributed by atoms with Crippen molar-refractivity contribution >= 4 is 30.7 Å². The fraction of sp³-hybridized carbons (Fsp3) is 0.588. The van der Waals surface area contributed by atoms with Crippen LogP contribution < -0.4 is 15.2 Å². The van der Waals surface area contributed by atoms with Crippen molar-refractivity contribution in [3.8, 4) is 11.5 Å². The molecule has 1 aliphatic rings. The Kier molecular flexibility index (Phi) is 10.9. The number of hydrogen-bond acceptors (Lipinski definition) is 5. The van der Waals surface area contributed by atoms with Gasteiger partial charge in [0.1, 0.15) is 11.5 Å². The first kappa shape index (κ1) is 23.8. The number of carbonyl (C=O) groups is 1. The van der Waals surface area contributed by atoms with Crippen LogP contribution in [0.2, 0.25) is 0 Å². The molecular weight excluding hydrogens is 365 g/mol. The van der Waals surface area contributed by atoms with Crippen LogP contribution in [-0.2, 0) is 11.3 Å². The maximum Gasteiger partial charge on any atom is 0.239 e. The van der Waals surface area contributed by atoms with E-state index in [9.17, 15) is 4.79 Å². The summed E-state index contributed by atoms with van der Waals surface area (Å²) >= 11 is 0. The van der Waals surface area contributed by atoms with Crippen LogP contribution in [0.5, 0.6) is 11.5 Å². The van der Waals surface area contributed by atoms with Gasteiger partial charge < -0.3 is 20.1 Å². The van der Waals surface area contributed by atoms with Crippen molar-refractivity contribution < 1.29 is 14.3 Å². The molecule has 1 fully saturated rings. The van der Waals surface area contributed by atoms with Gasteiger partial charge in [-0.05, 0) is 24.1 Å². The molecule has 6 nitrogen and oxygen atoms in total. The average Bonchev–Trinajstić information content (AvgIpc) is 2.60. The molecule has 0 spiro atoms. The number of methoxy groups -OCH3 is 2. The van der Waals surface area contributed by atoms with E-state index in [0.717, 1.165) is 49.8 Å². The summed E-state index contributed by atoms with van der Waals surface area (Å²) in [5, 5.41) is 0. The van der Waals surface area contributed by atoms with E-state index >= 15 is 0 Å². The molecular formula is C17H29Cl2N3O3. The number of hydrogen-bond donors (Lipinski definition) is 1. The summed E-state index contributed by atoms with van der Waals surface area (Å²) in [6, 6.07) is 5.54. The molecule has 2 rings (SSSR count). The number of ether oxygens (including phenoxy) is 2. The highest BCUT2D eigenvalue weighted by atomic mass is 35.5. The van der Waals surface area contributed by atoms with Gasteiger partial charge in [-0.15, -0.1) is 24.8 Å². The second kappa shape index (κ2) is 11.4. The largest absolute Gasteiger partial charge is 0.497 e. The van der Waals surface area contributed by atoms with Crippen molar-refractivity contribution in [2.45, 2.75) is 25.9 Å². The van der Waals surface area contributed by atoms with Crippen molar-refractivity contribution in [2.24, 2.45) is 5.73 Å². The fourth-order valence-electron chi connectivity index (χ4n) is 2.75. The van der Waals surface area contributed by atoms with Crippen LogP contribution in [-0.4, -0.2) is 62.1 Å². The van der Waals surface area contributed by atoms with E-state index < -0.39 is 0 Å². The molecule has 0 bridgehead atoms. The zero-order chi connectivity index (χ0) is 16.8. The fourth-order valence-corrected chi connectivity index (χ4v) is 2.75. The molecule has 0 aromatic heterocycles. The van der Waals surface area contributed by atoms with Gasteiger partial charge in [-0.2, -0.15) is 0 Å². The second-order valence-electron chi connectivity index (χ2n) is 5.84. The van der Waals surface area contributed by atoms with Crippen LogP contribution in [0.4, 0.5) is 0 Å². The molecule has 1 atom stereocenters. The van der Waals surface area contributed by atoms with Crippen molar-refractivity contribution in [1.29, 1.82) is 0 Å². The molecule has 1 aliphatic heterocycles. The lowest BCUT2D eigenvalue weighted by atomic mass is 10.1. The second-order valence-corrected chi connectivity index (χ2v) is 5.84. The Morgan fingerprint density at radius 3 is 2.04 bits per heavy atom. The van der Waals surface area contributed by atoms with E-state index in [2.05, 4.69) is 4.90 Å². The molecule has 0 radical (unpaired) electrons. The average molecular weight is 394 g/mol. The number of benzene rings is 1. The Morgan fingerprint density at radius 2 is 1.60 bits per heavy atom. The van der Waals surface area contributed by atoms with Gasteiger partial charge in [0.05, 0.1) is 20.3 Å². The van der Waals surface area contributed by atoms with Crippen LogP contribution in [0.1, 0.15) is 18.9 Å². The highest BCUT2D eigenvalue weighted by Crippen LogP contribution is 2.23. The summed E-state index contributed by atoms with van der Waals surface area (Å²) in [5.41, 5.74) is 6.98. The first-order valence-electron chi connectivity index (χ1n) is 8.06. The Bertz CT molecular complexity index is 516. The van der Waals surface area contributed by atoms with E-state index in [1.807, 2.05) is 30.0 Å². The molecule has 1 heterocycles. The van der Waals surface area contributed by atoms with Crippen LogP contribution in [0.15, 0.2) is 18.2 Å². The summed E-state index contributed by atoms with van der Waals surface area (Å²) < 4.78 is 10.6. The molecule has 0 aliphatic carbocycles. The van der Waals surface area contributed by atoms with Crippen molar-refractivity contribution in [3.63, 3.8) is 0 Å². The van der Waals surface area contributed by atoms with E-state index in [-0.39, 0.29) is 36.8 Å². The summed E-state index contributed by atoms with van der Waals surface area (Å²) in [5.74, 6) is 1.65. The minimum Gasteiger partial charge on any atom is -0.497 e. The van der Waals surface area contributed by atoms with Crippen LogP contribution in [0.25, 0.3) is 0 Å². The third kappa shape index (κ3) is 6.55. The molecule has 1 saturated heterocycles. The van der Waals surface area contributed by atoms with Crippen LogP contribution >= 0.6 is 24.8 Å². The Balaban J connectivity index is 0.00000288. The zero-order valence-electron chi connectivity index (χ0n) is 15.1. The standard InChI is InChI=1S/C17H27N3O3.2ClH/c1-4-16(18)17(21)20-7-5-19(6-8-20)12-13-9-14(22-2)11-15(10-13)23-3;;/h9-11,16H,4-8,12,18H2,1-3H3;2*1H/t16-;;/m0../s1. The normalized spacial score (nSPS) is 15.6. The number of nitrogens with zero attached hydrogens (tertiary/aromatic N) is 2. The van der Waals surface area contributed by atoms with Gasteiger partial charge in [-0.1, -0.05) is 6.92 Å². The smallest absolute Gasteiger partial charge is 0.239 e. The predicted octanol–water partition coefficient (Wildman–Crippen LogP) is 1.93. The van der Waals surface area contributed by atoms with Gasteiger partial charge in [0.25, 0.3) is 0 Å². The number of amides is 1. The van der Waals surface area contributed by atoms with E-state index in [1.54, 1.807) is 14.2 Å². The molecule has 1 amide bonds. The highest BCUT2D eigenvalue weighted by Gasteiger charge is 2.24. The minimum atomic E-state index is -0.371. The third-order valence-corrected chi connectivity index (χ3v) is 4.26. The molecule has 1 aromatic rings. The molecule has 0 saturated carbocycles. The zero-order valence-corrected chi connectivity index (χ0v) is 16.7. The molecule has 25 heavy (non-hydrogen) atoms. The molecule has 0 unspecified atom stereocenters. The monoisotopic (exact) mass is 393 g/mol. The number of piperazine rings is 1. The topological polar surface area (TPSA) is 68.0 Å². The van der Waals surface area contributed by atoms with Gasteiger partial charge in [-0.25, -0.2) is 0 Å². The maximum atomic E-state index is 12.1.